The van der Waals surface area contributed by atoms with Crippen LogP contribution >= 0.6 is 0 Å². The van der Waals surface area contributed by atoms with E-state index in [0.29, 0.717) is 31.0 Å². The predicted octanol–water partition coefficient (Wildman–Crippen LogP) is 0.629. The summed E-state index contributed by atoms with van der Waals surface area (Å²) in [4.78, 5) is 17.3. The summed E-state index contributed by atoms with van der Waals surface area (Å²) >= 11 is 0. The first kappa shape index (κ1) is 14.3. The molecule has 1 amide bonds. The molecule has 6 heteroatoms. The average Bonchev–Trinajstić information content (AvgIpc) is 2.91. The Morgan fingerprint density at radius 2 is 2.05 bits per heavy atom. The van der Waals surface area contributed by atoms with E-state index in [1.54, 1.807) is 4.90 Å². The quantitative estimate of drug-likeness (QED) is 0.873. The normalized spacial score (nSPS) is 18.0. The molecule has 0 saturated carbocycles. The number of hydrogen-bond acceptors (Lipinski definition) is 3. The summed E-state index contributed by atoms with van der Waals surface area (Å²) in [6, 6.07) is 7.44. The Balaban J connectivity index is 1.69. The van der Waals surface area contributed by atoms with Crippen molar-refractivity contribution in [1.29, 1.82) is 0 Å². The molecule has 0 radical (unpaired) electrons. The van der Waals surface area contributed by atoms with Crippen molar-refractivity contribution in [3.05, 3.63) is 36.0 Å². The number of nitrogens with one attached hydrogen (secondary N) is 1. The number of nitrogens with two attached hydrogens (primary N) is 1. The molecule has 1 aromatic heterocycles. The Hall–Kier alpha value is -1.66. The molecule has 0 bridgehead atoms. The molecule has 21 heavy (non-hydrogen) atoms. The Kier molecular flexibility index (Phi) is 4.07. The molecule has 1 aliphatic rings. The number of aromatic amines is 1. The van der Waals surface area contributed by atoms with Gasteiger partial charge in [0.25, 0.3) is 0 Å². The fourth-order valence-electron chi connectivity index (χ4n) is 2.72. The van der Waals surface area contributed by atoms with E-state index in [1.807, 2.05) is 30.5 Å². The van der Waals surface area contributed by atoms with Gasteiger partial charge in [-0.05, 0) is 18.1 Å². The summed E-state index contributed by atoms with van der Waals surface area (Å²) in [7, 11) is -0.780. The molecule has 1 aromatic carbocycles. The lowest BCUT2D eigenvalue weighted by molar-refractivity contribution is -0.132. The zero-order valence-corrected chi connectivity index (χ0v) is 12.6. The minimum atomic E-state index is -0.780. The molecule has 3 rings (SSSR count). The minimum Gasteiger partial charge on any atom is -0.361 e. The van der Waals surface area contributed by atoms with Gasteiger partial charge in [-0.25, -0.2) is 0 Å². The van der Waals surface area contributed by atoms with E-state index in [9.17, 15) is 9.00 Å². The van der Waals surface area contributed by atoms with Crippen molar-refractivity contribution in [2.45, 2.75) is 12.5 Å². The monoisotopic (exact) mass is 305 g/mol. The van der Waals surface area contributed by atoms with Gasteiger partial charge in [0, 0.05) is 52.5 Å². The summed E-state index contributed by atoms with van der Waals surface area (Å²) in [5.41, 5.74) is 8.20. The first-order valence-corrected chi connectivity index (χ1v) is 8.58. The fourth-order valence-corrected chi connectivity index (χ4v) is 3.77. The maximum absolute atomic E-state index is 12.4. The Morgan fingerprint density at radius 3 is 2.81 bits per heavy atom. The zero-order valence-electron chi connectivity index (χ0n) is 11.7. The predicted molar refractivity (Wildman–Crippen MR) is 84.4 cm³/mol. The second-order valence-corrected chi connectivity index (χ2v) is 7.04. The molecule has 0 aliphatic carbocycles. The summed E-state index contributed by atoms with van der Waals surface area (Å²) in [5, 5.41) is 1.11. The van der Waals surface area contributed by atoms with Crippen molar-refractivity contribution < 1.29 is 9.00 Å². The molecule has 2 heterocycles. The number of amides is 1. The van der Waals surface area contributed by atoms with Crippen molar-refractivity contribution in [3.8, 4) is 0 Å². The first-order chi connectivity index (χ1) is 10.1. The molecule has 2 aromatic rings. The molecule has 0 spiro atoms. The van der Waals surface area contributed by atoms with Gasteiger partial charge in [-0.1, -0.05) is 18.2 Å². The topological polar surface area (TPSA) is 79.2 Å². The Labute approximate surface area is 126 Å². The molecule has 1 saturated heterocycles. The molecule has 0 unspecified atom stereocenters. The van der Waals surface area contributed by atoms with Gasteiger partial charge in [0.2, 0.25) is 5.91 Å². The van der Waals surface area contributed by atoms with Crippen LogP contribution in [-0.4, -0.2) is 50.6 Å². The van der Waals surface area contributed by atoms with E-state index in [4.69, 9.17) is 5.73 Å². The van der Waals surface area contributed by atoms with Crippen molar-refractivity contribution >= 4 is 27.6 Å². The van der Waals surface area contributed by atoms with Crippen LogP contribution < -0.4 is 5.73 Å². The van der Waals surface area contributed by atoms with Gasteiger partial charge in [0.1, 0.15) is 0 Å². The summed E-state index contributed by atoms with van der Waals surface area (Å²) in [6.07, 6.45) is 2.44. The average molecular weight is 305 g/mol. The summed E-state index contributed by atoms with van der Waals surface area (Å²) in [6.45, 7) is 1.10. The lowest BCUT2D eigenvalue weighted by Gasteiger charge is -2.28. The Bertz CT molecular complexity index is 672. The molecular formula is C15H19N3O2S. The Morgan fingerprint density at radius 1 is 1.33 bits per heavy atom. The number of H-pyrrole nitrogens is 1. The number of rotatable bonds is 3. The van der Waals surface area contributed by atoms with Crippen LogP contribution in [0.1, 0.15) is 5.56 Å². The first-order valence-electron chi connectivity index (χ1n) is 7.09. The number of hydrogen-bond donors (Lipinski definition) is 2. The number of carbonyl (C=O) groups excluding carboxylic acids is 1. The number of carbonyl (C=O) groups is 1. The lowest BCUT2D eigenvalue weighted by Crippen LogP contribution is -2.49. The van der Waals surface area contributed by atoms with Crippen LogP contribution in [-0.2, 0) is 22.0 Å². The van der Waals surface area contributed by atoms with E-state index in [-0.39, 0.29) is 5.91 Å². The van der Waals surface area contributed by atoms with Gasteiger partial charge in [0.15, 0.2) is 0 Å². The highest BCUT2D eigenvalue weighted by Gasteiger charge is 2.25. The smallest absolute Gasteiger partial charge is 0.239 e. The lowest BCUT2D eigenvalue weighted by atomic mass is 10.0. The second-order valence-electron chi connectivity index (χ2n) is 5.34. The van der Waals surface area contributed by atoms with Crippen molar-refractivity contribution in [2.75, 3.05) is 24.6 Å². The van der Waals surface area contributed by atoms with Gasteiger partial charge < -0.3 is 15.6 Å². The molecular weight excluding hydrogens is 286 g/mol. The number of benzene rings is 1. The highest BCUT2D eigenvalue weighted by Crippen LogP contribution is 2.19. The van der Waals surface area contributed by atoms with E-state index in [2.05, 4.69) is 4.98 Å². The van der Waals surface area contributed by atoms with E-state index in [1.165, 1.54) is 0 Å². The third-order valence-corrected chi connectivity index (χ3v) is 5.20. The van der Waals surface area contributed by atoms with Crippen molar-refractivity contribution in [2.24, 2.45) is 5.73 Å². The zero-order chi connectivity index (χ0) is 14.8. The molecule has 1 fully saturated rings. The fraction of sp³-hybridized carbons (Fsp3) is 0.400. The van der Waals surface area contributed by atoms with Crippen molar-refractivity contribution in [1.82, 2.24) is 9.88 Å². The van der Waals surface area contributed by atoms with Crippen LogP contribution in [0.3, 0.4) is 0 Å². The van der Waals surface area contributed by atoms with Crippen LogP contribution in [0, 0.1) is 0 Å². The van der Waals surface area contributed by atoms with Gasteiger partial charge in [-0.2, -0.15) is 0 Å². The molecule has 1 aliphatic heterocycles. The van der Waals surface area contributed by atoms with Gasteiger partial charge in [0.05, 0.1) is 6.04 Å². The minimum absolute atomic E-state index is 0.0445. The summed E-state index contributed by atoms with van der Waals surface area (Å²) in [5.74, 6) is 1.08. The second kappa shape index (κ2) is 5.99. The van der Waals surface area contributed by atoms with Gasteiger partial charge in [-0.15, -0.1) is 0 Å². The number of aromatic nitrogens is 1. The van der Waals surface area contributed by atoms with Crippen molar-refractivity contribution in [3.63, 3.8) is 0 Å². The van der Waals surface area contributed by atoms with Crippen LogP contribution in [0.5, 0.6) is 0 Å². The largest absolute Gasteiger partial charge is 0.361 e. The van der Waals surface area contributed by atoms with E-state index < -0.39 is 16.8 Å². The van der Waals surface area contributed by atoms with Gasteiger partial charge in [-0.3, -0.25) is 9.00 Å². The molecule has 5 nitrogen and oxygen atoms in total. The van der Waals surface area contributed by atoms with E-state index >= 15 is 0 Å². The maximum atomic E-state index is 12.4. The standard InChI is InChI=1S/C15H19N3O2S/c16-13(15(19)18-5-7-21(20)8-6-18)9-11-10-17-14-4-2-1-3-12(11)14/h1-4,10,13,17H,5-9,16H2/t13-/m0/s1. The van der Waals surface area contributed by atoms with Crippen LogP contribution in [0.25, 0.3) is 10.9 Å². The summed E-state index contributed by atoms with van der Waals surface area (Å²) < 4.78 is 11.3. The van der Waals surface area contributed by atoms with Crippen LogP contribution in [0.2, 0.25) is 0 Å². The highest BCUT2D eigenvalue weighted by atomic mass is 32.2. The van der Waals surface area contributed by atoms with E-state index in [0.717, 1.165) is 16.5 Å². The molecule has 3 N–H and O–H groups in total. The number of nitrogens with zero attached hydrogens (tertiary/aromatic N) is 1. The third kappa shape index (κ3) is 3.01. The highest BCUT2D eigenvalue weighted by molar-refractivity contribution is 7.85. The molecule has 1 atom stereocenters. The van der Waals surface area contributed by atoms with Crippen LogP contribution in [0.15, 0.2) is 30.5 Å². The third-order valence-electron chi connectivity index (χ3n) is 3.92. The van der Waals surface area contributed by atoms with Crippen LogP contribution in [0.4, 0.5) is 0 Å². The number of fused-ring (bicyclic) bond motifs is 1. The number of para-hydroxylation sites is 1. The maximum Gasteiger partial charge on any atom is 0.239 e. The SMILES string of the molecule is N[C@@H](Cc1c[nH]c2ccccc12)C(=O)N1CCS(=O)CC1. The van der Waals surface area contributed by atoms with Gasteiger partial charge >= 0.3 is 0 Å². The molecule has 112 valence electrons.